The van der Waals surface area contributed by atoms with E-state index in [9.17, 15) is 15.3 Å². The van der Waals surface area contributed by atoms with Gasteiger partial charge in [-0.25, -0.2) is 0 Å². The van der Waals surface area contributed by atoms with Gasteiger partial charge < -0.3 is 61.7 Å². The Balaban J connectivity index is 1.69. The minimum atomic E-state index is -1.29. The van der Waals surface area contributed by atoms with Gasteiger partial charge in [-0.15, -0.1) is 0 Å². The lowest BCUT2D eigenvalue weighted by Gasteiger charge is -2.48. The fourth-order valence-electron chi connectivity index (χ4n) is 5.17. The Morgan fingerprint density at radius 1 is 1.00 bits per heavy atom. The van der Waals surface area contributed by atoms with Gasteiger partial charge in [-0.1, -0.05) is 0 Å². The number of ether oxygens (including phenoxy) is 4. The summed E-state index contributed by atoms with van der Waals surface area (Å²) >= 11 is 0. The van der Waals surface area contributed by atoms with Crippen molar-refractivity contribution in [1.29, 1.82) is 0 Å². The molecule has 13 atom stereocenters. The van der Waals surface area contributed by atoms with Crippen LogP contribution in [0.15, 0.2) is 0 Å². The van der Waals surface area contributed by atoms with E-state index >= 15 is 0 Å². The van der Waals surface area contributed by atoms with Crippen molar-refractivity contribution in [3.63, 3.8) is 0 Å². The standard InChI is InChI=1S/C22H45N5O7/c1-10(27(4)5)14-7-6-11(23)20(32-14)33-17-12(24)8-13(25)18(15(17)28)34-21-16(29)19(26-3)22(2,30)9-31-21/h10-21,26,28-30H,6-9,23-25H2,1-5H3/t10?,11-,12+,13-,14+,15+,16-,17-,18+,19-,20+,21-,22+/m1/s1. The van der Waals surface area contributed by atoms with Crippen LogP contribution in [0, 0.1) is 0 Å². The average molecular weight is 492 g/mol. The van der Waals surface area contributed by atoms with Crippen molar-refractivity contribution < 1.29 is 34.3 Å². The van der Waals surface area contributed by atoms with Crippen molar-refractivity contribution in [2.45, 2.75) is 112 Å². The van der Waals surface area contributed by atoms with Crippen LogP contribution in [-0.4, -0.2) is 127 Å². The number of rotatable bonds is 7. The van der Waals surface area contributed by atoms with Gasteiger partial charge in [0.05, 0.1) is 24.8 Å². The van der Waals surface area contributed by atoms with Gasteiger partial charge in [0, 0.05) is 18.1 Å². The third-order valence-electron chi connectivity index (χ3n) is 7.58. The van der Waals surface area contributed by atoms with E-state index in [1.165, 1.54) is 0 Å². The second-order valence-corrected chi connectivity index (χ2v) is 10.5. The molecular formula is C22H45N5O7. The number of hydrogen-bond donors (Lipinski definition) is 7. The molecule has 1 saturated carbocycles. The molecule has 3 fully saturated rings. The van der Waals surface area contributed by atoms with E-state index in [-0.39, 0.29) is 24.8 Å². The normalized spacial score (nSPS) is 49.2. The van der Waals surface area contributed by atoms with Crippen LogP contribution in [-0.2, 0) is 18.9 Å². The third-order valence-corrected chi connectivity index (χ3v) is 7.58. The maximum atomic E-state index is 11.2. The average Bonchev–Trinajstić information content (AvgIpc) is 2.76. The summed E-state index contributed by atoms with van der Waals surface area (Å²) in [6.45, 7) is 3.58. The van der Waals surface area contributed by atoms with E-state index in [4.69, 9.17) is 36.1 Å². The molecule has 0 spiro atoms. The van der Waals surface area contributed by atoms with Crippen molar-refractivity contribution in [1.82, 2.24) is 10.2 Å². The van der Waals surface area contributed by atoms with E-state index in [1.807, 2.05) is 14.1 Å². The highest BCUT2D eigenvalue weighted by Crippen LogP contribution is 2.32. The zero-order chi connectivity index (χ0) is 25.4. The van der Waals surface area contributed by atoms with Crippen LogP contribution in [0.3, 0.4) is 0 Å². The van der Waals surface area contributed by atoms with Crippen LogP contribution in [0.4, 0.5) is 0 Å². The maximum Gasteiger partial charge on any atom is 0.185 e. The molecule has 3 aliphatic rings. The first kappa shape index (κ1) is 28.1. The number of nitrogens with zero attached hydrogens (tertiary/aromatic N) is 1. The van der Waals surface area contributed by atoms with E-state index in [1.54, 1.807) is 14.0 Å². The summed E-state index contributed by atoms with van der Waals surface area (Å²) in [4.78, 5) is 2.08. The zero-order valence-electron chi connectivity index (χ0n) is 20.9. The number of nitrogens with two attached hydrogens (primary N) is 3. The minimum absolute atomic E-state index is 0.0616. The lowest BCUT2D eigenvalue weighted by Crippen LogP contribution is -2.68. The van der Waals surface area contributed by atoms with Crippen LogP contribution >= 0.6 is 0 Å². The molecule has 0 aromatic carbocycles. The number of aliphatic hydroxyl groups excluding tert-OH is 2. The largest absolute Gasteiger partial charge is 0.388 e. The second-order valence-electron chi connectivity index (χ2n) is 10.5. The van der Waals surface area contributed by atoms with Crippen LogP contribution in [0.1, 0.15) is 33.1 Å². The Morgan fingerprint density at radius 3 is 2.15 bits per heavy atom. The van der Waals surface area contributed by atoms with E-state index in [2.05, 4.69) is 17.1 Å². The number of hydrogen-bond acceptors (Lipinski definition) is 12. The Hall–Kier alpha value is -0.480. The summed E-state index contributed by atoms with van der Waals surface area (Å²) in [6, 6.07) is -2.06. The van der Waals surface area contributed by atoms with Crippen LogP contribution in [0.2, 0.25) is 0 Å². The summed E-state index contributed by atoms with van der Waals surface area (Å²) in [5.74, 6) is 0. The SMILES string of the molecule is CN[C@@H]1[C@@H](O)[C@@H](O[C@@H]2[C@@H](O)[C@H](O[C@@H]3O[C@H](C(C)N(C)C)CC[C@H]3N)[C@@H](N)C[C@H]2N)OC[C@]1(C)O. The molecule has 3 rings (SSSR count). The van der Waals surface area contributed by atoms with Crippen LogP contribution in [0.25, 0.3) is 0 Å². The monoisotopic (exact) mass is 491 g/mol. The van der Waals surface area contributed by atoms with E-state index in [0.717, 1.165) is 12.8 Å². The lowest BCUT2D eigenvalue weighted by atomic mass is 9.84. The first-order valence-corrected chi connectivity index (χ1v) is 12.1. The molecule has 0 radical (unpaired) electrons. The molecule has 200 valence electrons. The highest BCUT2D eigenvalue weighted by Gasteiger charge is 2.51. The summed E-state index contributed by atoms with van der Waals surface area (Å²) in [5.41, 5.74) is 17.6. The molecule has 2 heterocycles. The van der Waals surface area contributed by atoms with Crippen molar-refractivity contribution in [3.05, 3.63) is 0 Å². The smallest absolute Gasteiger partial charge is 0.185 e. The van der Waals surface area contributed by atoms with Crippen LogP contribution in [0.5, 0.6) is 0 Å². The van der Waals surface area contributed by atoms with Gasteiger partial charge in [-0.05, 0) is 54.3 Å². The third kappa shape index (κ3) is 5.90. The number of aliphatic hydroxyl groups is 3. The van der Waals surface area contributed by atoms with Gasteiger partial charge in [0.15, 0.2) is 12.6 Å². The van der Waals surface area contributed by atoms with Gasteiger partial charge >= 0.3 is 0 Å². The molecule has 12 nitrogen and oxygen atoms in total. The molecule has 34 heavy (non-hydrogen) atoms. The van der Waals surface area contributed by atoms with Crippen molar-refractivity contribution >= 4 is 0 Å². The Bertz CT molecular complexity index is 659. The Kier molecular flexibility index (Phi) is 9.32. The maximum absolute atomic E-state index is 11.2. The zero-order valence-corrected chi connectivity index (χ0v) is 20.9. The molecular weight excluding hydrogens is 446 g/mol. The number of nitrogens with one attached hydrogen (secondary N) is 1. The minimum Gasteiger partial charge on any atom is -0.388 e. The summed E-state index contributed by atoms with van der Waals surface area (Å²) in [5, 5.41) is 35.3. The summed E-state index contributed by atoms with van der Waals surface area (Å²) in [7, 11) is 5.61. The second kappa shape index (κ2) is 11.3. The highest BCUT2D eigenvalue weighted by molar-refractivity contribution is 5.02. The molecule has 0 amide bonds. The van der Waals surface area contributed by atoms with Gasteiger partial charge in [0.25, 0.3) is 0 Å². The van der Waals surface area contributed by atoms with Gasteiger partial charge in [-0.2, -0.15) is 0 Å². The van der Waals surface area contributed by atoms with E-state index in [0.29, 0.717) is 6.42 Å². The topological polar surface area (TPSA) is 191 Å². The predicted octanol–water partition coefficient (Wildman–Crippen LogP) is -2.99. The fraction of sp³-hybridized carbons (Fsp3) is 1.00. The van der Waals surface area contributed by atoms with Crippen molar-refractivity contribution in [2.75, 3.05) is 27.7 Å². The highest BCUT2D eigenvalue weighted by atomic mass is 16.7. The molecule has 1 unspecified atom stereocenters. The summed E-state index contributed by atoms with van der Waals surface area (Å²) in [6.07, 6.45) is -4.19. The number of likely N-dealkylation sites (N-methyl/N-ethyl adjacent to an activating group) is 2. The first-order valence-electron chi connectivity index (χ1n) is 12.1. The van der Waals surface area contributed by atoms with Gasteiger partial charge in [0.2, 0.25) is 0 Å². The van der Waals surface area contributed by atoms with Gasteiger partial charge in [-0.3, -0.25) is 0 Å². The lowest BCUT2D eigenvalue weighted by molar-refractivity contribution is -0.307. The Morgan fingerprint density at radius 2 is 1.59 bits per heavy atom. The summed E-state index contributed by atoms with van der Waals surface area (Å²) < 4.78 is 23.9. The molecule has 2 saturated heterocycles. The van der Waals surface area contributed by atoms with Gasteiger partial charge in [0.1, 0.15) is 30.0 Å². The molecule has 10 N–H and O–H groups in total. The molecule has 0 aromatic heterocycles. The quantitative estimate of drug-likeness (QED) is 0.191. The molecule has 2 aliphatic heterocycles. The van der Waals surface area contributed by atoms with Crippen LogP contribution < -0.4 is 22.5 Å². The first-order chi connectivity index (χ1) is 15.9. The molecule has 1 aliphatic carbocycles. The predicted molar refractivity (Wildman–Crippen MR) is 125 cm³/mol. The molecule has 0 aromatic rings. The molecule has 12 heteroatoms. The van der Waals surface area contributed by atoms with E-state index < -0.39 is 60.7 Å². The van der Waals surface area contributed by atoms with Crippen molar-refractivity contribution in [3.8, 4) is 0 Å². The Labute approximate surface area is 202 Å². The molecule has 0 bridgehead atoms. The van der Waals surface area contributed by atoms with Crippen molar-refractivity contribution in [2.24, 2.45) is 17.2 Å². The fourth-order valence-corrected chi connectivity index (χ4v) is 5.17.